The van der Waals surface area contributed by atoms with E-state index >= 15 is 0 Å². The van der Waals surface area contributed by atoms with E-state index in [9.17, 15) is 9.00 Å². The number of morpholine rings is 1. The second-order valence-corrected chi connectivity index (χ2v) is 10.0. The van der Waals surface area contributed by atoms with E-state index < -0.39 is 11.0 Å². The minimum atomic E-state index is -1.01. The summed E-state index contributed by atoms with van der Waals surface area (Å²) in [5.74, 6) is -0.0226. The van der Waals surface area contributed by atoms with Crippen molar-refractivity contribution in [3.05, 3.63) is 35.7 Å². The molecule has 6 nitrogen and oxygen atoms in total. The maximum atomic E-state index is 12.3. The van der Waals surface area contributed by atoms with Crippen molar-refractivity contribution in [3.8, 4) is 0 Å². The van der Waals surface area contributed by atoms with Crippen LogP contribution in [0.4, 0.5) is 0 Å². The minimum absolute atomic E-state index is 0.0226. The Morgan fingerprint density at radius 3 is 2.43 bits per heavy atom. The van der Waals surface area contributed by atoms with Gasteiger partial charge in [0.2, 0.25) is 5.91 Å². The molecule has 30 heavy (non-hydrogen) atoms. The average Bonchev–Trinajstić information content (AvgIpc) is 2.66. The van der Waals surface area contributed by atoms with Gasteiger partial charge in [0.15, 0.2) is 0 Å². The lowest BCUT2D eigenvalue weighted by Gasteiger charge is -2.38. The average molecular weight is 440 g/mol. The third kappa shape index (κ3) is 9.58. The van der Waals surface area contributed by atoms with E-state index in [1.54, 1.807) is 6.08 Å². The molecule has 0 aromatic heterocycles. The maximum Gasteiger partial charge on any atom is 0.224 e. The van der Waals surface area contributed by atoms with Gasteiger partial charge in [-0.3, -0.25) is 4.79 Å². The van der Waals surface area contributed by atoms with Crippen LogP contribution in [-0.2, 0) is 20.5 Å². The molecular formula is C23H41N3O3S. The van der Waals surface area contributed by atoms with Crippen molar-refractivity contribution in [3.63, 3.8) is 0 Å². The van der Waals surface area contributed by atoms with E-state index in [1.807, 2.05) is 19.9 Å². The summed E-state index contributed by atoms with van der Waals surface area (Å²) in [4.78, 5) is 14.7. The molecule has 0 aliphatic carbocycles. The summed E-state index contributed by atoms with van der Waals surface area (Å²) in [6.45, 7) is 18.5. The summed E-state index contributed by atoms with van der Waals surface area (Å²) in [5, 5.41) is 3.06. The van der Waals surface area contributed by atoms with Crippen LogP contribution in [0.2, 0.25) is 0 Å². The quantitative estimate of drug-likeness (QED) is 0.358. The first kappa shape index (κ1) is 26.6. The summed E-state index contributed by atoms with van der Waals surface area (Å²) in [5.41, 5.74) is 3.13. The predicted molar refractivity (Wildman–Crippen MR) is 126 cm³/mol. The second-order valence-electron chi connectivity index (χ2n) is 8.20. The number of hydrogen-bond donors (Lipinski definition) is 2. The van der Waals surface area contributed by atoms with Gasteiger partial charge in [-0.25, -0.2) is 8.93 Å². The van der Waals surface area contributed by atoms with Crippen LogP contribution in [0.15, 0.2) is 35.7 Å². The molecule has 1 aliphatic heterocycles. The van der Waals surface area contributed by atoms with Crippen LogP contribution in [-0.4, -0.2) is 52.1 Å². The minimum Gasteiger partial charge on any atom is -0.372 e. The van der Waals surface area contributed by atoms with Crippen molar-refractivity contribution in [1.82, 2.24) is 14.9 Å². The van der Waals surface area contributed by atoms with E-state index in [-0.39, 0.29) is 23.4 Å². The highest BCUT2D eigenvalue weighted by Crippen LogP contribution is 2.22. The third-order valence-electron chi connectivity index (χ3n) is 4.97. The van der Waals surface area contributed by atoms with Gasteiger partial charge in [0.05, 0.1) is 23.2 Å². The molecule has 3 atom stereocenters. The monoisotopic (exact) mass is 439 g/mol. The zero-order valence-electron chi connectivity index (χ0n) is 19.6. The number of carbonyl (C=O) groups excluding carboxylic acids is 1. The summed E-state index contributed by atoms with van der Waals surface area (Å²) < 4.78 is 20.5. The van der Waals surface area contributed by atoms with E-state index in [4.69, 9.17) is 4.74 Å². The van der Waals surface area contributed by atoms with Gasteiger partial charge >= 0.3 is 0 Å². The molecule has 0 bridgehead atoms. The SMILES string of the molecule is C=C/C(=C\C(C)=C(/CC)N1C[C@@H](C)O[C@@H](C)C1)NC(=O)CCCCNS(=O)C(C)C. The Bertz CT molecular complexity index is 648. The number of carbonyl (C=O) groups is 1. The van der Waals surface area contributed by atoms with Crippen LogP contribution in [0.1, 0.15) is 67.2 Å². The molecule has 0 spiro atoms. The van der Waals surface area contributed by atoms with E-state index in [1.165, 1.54) is 5.70 Å². The molecule has 1 fully saturated rings. The maximum absolute atomic E-state index is 12.3. The van der Waals surface area contributed by atoms with Gasteiger partial charge in [-0.2, -0.15) is 0 Å². The lowest BCUT2D eigenvalue weighted by Crippen LogP contribution is -2.45. The smallest absolute Gasteiger partial charge is 0.224 e. The summed E-state index contributed by atoms with van der Waals surface area (Å²) >= 11 is 0. The zero-order chi connectivity index (χ0) is 22.7. The molecule has 1 heterocycles. The highest BCUT2D eigenvalue weighted by molar-refractivity contribution is 7.83. The Morgan fingerprint density at radius 1 is 1.27 bits per heavy atom. The van der Waals surface area contributed by atoms with Crippen molar-refractivity contribution < 1.29 is 13.7 Å². The van der Waals surface area contributed by atoms with Gasteiger partial charge in [-0.1, -0.05) is 13.5 Å². The zero-order valence-corrected chi connectivity index (χ0v) is 20.4. The largest absolute Gasteiger partial charge is 0.372 e. The number of nitrogens with zero attached hydrogens (tertiary/aromatic N) is 1. The molecular weight excluding hydrogens is 398 g/mol. The Morgan fingerprint density at radius 2 is 1.90 bits per heavy atom. The molecule has 1 rings (SSSR count). The van der Waals surface area contributed by atoms with Gasteiger partial charge < -0.3 is 15.0 Å². The van der Waals surface area contributed by atoms with Crippen molar-refractivity contribution in [2.24, 2.45) is 0 Å². The molecule has 1 aliphatic rings. The highest BCUT2D eigenvalue weighted by atomic mass is 32.2. The molecule has 1 unspecified atom stereocenters. The molecule has 0 radical (unpaired) electrons. The van der Waals surface area contributed by atoms with Gasteiger partial charge in [0.25, 0.3) is 0 Å². The Kier molecular flexibility index (Phi) is 12.2. The fourth-order valence-corrected chi connectivity index (χ4v) is 4.27. The van der Waals surface area contributed by atoms with Crippen LogP contribution in [0.5, 0.6) is 0 Å². The summed E-state index contributed by atoms with van der Waals surface area (Å²) in [6, 6.07) is 0. The highest BCUT2D eigenvalue weighted by Gasteiger charge is 2.23. The molecule has 7 heteroatoms. The number of amides is 1. The van der Waals surface area contributed by atoms with Crippen molar-refractivity contribution in [2.75, 3.05) is 19.6 Å². The molecule has 1 amide bonds. The van der Waals surface area contributed by atoms with E-state index in [0.29, 0.717) is 13.0 Å². The first-order chi connectivity index (χ1) is 14.2. The van der Waals surface area contributed by atoms with Crippen LogP contribution >= 0.6 is 0 Å². The number of nitrogens with one attached hydrogen (secondary N) is 2. The first-order valence-electron chi connectivity index (χ1n) is 11.1. The topological polar surface area (TPSA) is 70.7 Å². The van der Waals surface area contributed by atoms with Crippen molar-refractivity contribution in [2.45, 2.75) is 84.7 Å². The van der Waals surface area contributed by atoms with Crippen LogP contribution in [0, 0.1) is 0 Å². The van der Waals surface area contributed by atoms with Crippen molar-refractivity contribution in [1.29, 1.82) is 0 Å². The molecule has 1 saturated heterocycles. The third-order valence-corrected chi connectivity index (χ3v) is 6.32. The number of hydrogen-bond acceptors (Lipinski definition) is 4. The lowest BCUT2D eigenvalue weighted by molar-refractivity contribution is -0.120. The van der Waals surface area contributed by atoms with Gasteiger partial charge in [-0.05, 0) is 71.6 Å². The van der Waals surface area contributed by atoms with Crippen LogP contribution in [0.25, 0.3) is 0 Å². The number of allylic oxidation sites excluding steroid dienone is 4. The van der Waals surface area contributed by atoms with E-state index in [0.717, 1.165) is 43.6 Å². The van der Waals surface area contributed by atoms with Crippen LogP contribution in [0.3, 0.4) is 0 Å². The first-order valence-corrected chi connectivity index (χ1v) is 12.3. The number of rotatable bonds is 12. The standard InChI is InChI=1S/C23H41N3O3S/c1-8-21(25-23(27)12-10-11-13-24-30(28)17(3)4)14-18(5)22(9-2)26-15-19(6)29-20(7)16-26/h8,14,17,19-20,24H,1,9-13,15-16H2,2-7H3,(H,25,27)/b21-14+,22-18+/t19-,20+,30?. The molecule has 0 aromatic carbocycles. The molecule has 2 N–H and O–H groups in total. The molecule has 172 valence electrons. The molecule has 0 aromatic rings. The fraction of sp³-hybridized carbons (Fsp3) is 0.696. The Hall–Kier alpha value is -1.44. The van der Waals surface area contributed by atoms with Crippen molar-refractivity contribution >= 4 is 16.9 Å². The normalized spacial score (nSPS) is 22.0. The molecule has 0 saturated carbocycles. The Balaban J connectivity index is 2.62. The predicted octanol–water partition coefficient (Wildman–Crippen LogP) is 3.80. The number of unbranched alkanes of at least 4 members (excludes halogenated alkanes) is 1. The Labute approximate surface area is 185 Å². The summed E-state index contributed by atoms with van der Waals surface area (Å²) in [6.07, 6.45) is 7.02. The van der Waals surface area contributed by atoms with Gasteiger partial charge in [0.1, 0.15) is 0 Å². The van der Waals surface area contributed by atoms with Gasteiger partial charge in [0, 0.05) is 42.7 Å². The van der Waals surface area contributed by atoms with E-state index in [2.05, 4.69) is 49.2 Å². The second kappa shape index (κ2) is 13.8. The number of ether oxygens (including phenoxy) is 1. The lowest BCUT2D eigenvalue weighted by atomic mass is 10.1. The van der Waals surface area contributed by atoms with Crippen LogP contribution < -0.4 is 10.0 Å². The summed E-state index contributed by atoms with van der Waals surface area (Å²) in [7, 11) is -1.01. The van der Waals surface area contributed by atoms with Gasteiger partial charge in [-0.15, -0.1) is 0 Å². The fourth-order valence-electron chi connectivity index (χ4n) is 3.59.